The van der Waals surface area contributed by atoms with Crippen LogP contribution in [0.15, 0.2) is 41.2 Å². The second-order valence-corrected chi connectivity index (χ2v) is 4.31. The highest BCUT2D eigenvalue weighted by Gasteiger charge is 2.29. The normalized spacial score (nSPS) is 26.1. The Morgan fingerprint density at radius 1 is 1.53 bits per heavy atom. The molecule has 3 nitrogen and oxygen atoms in total. The molecule has 0 spiro atoms. The van der Waals surface area contributed by atoms with Crippen LogP contribution in [0.4, 0.5) is 0 Å². The zero-order valence-corrected chi connectivity index (χ0v) is 9.33. The first-order valence-corrected chi connectivity index (χ1v) is 5.16. The molecule has 0 saturated carbocycles. The molecule has 4 heteroatoms. The molecular formula is C11H14ClN3. The Hall–Kier alpha value is -1.19. The molecule has 0 saturated heterocycles. The summed E-state index contributed by atoms with van der Waals surface area (Å²) in [7, 11) is 1.97. The Bertz CT molecular complexity index is 444. The molecule has 1 aliphatic carbocycles. The Morgan fingerprint density at radius 3 is 2.80 bits per heavy atom. The number of nitrogens with two attached hydrogens (primary N) is 2. The lowest BCUT2D eigenvalue weighted by Gasteiger charge is -2.29. The van der Waals surface area contributed by atoms with Crippen LogP contribution in [0.3, 0.4) is 0 Å². The Labute approximate surface area is 94.0 Å². The van der Waals surface area contributed by atoms with Gasteiger partial charge in [-0.15, -0.1) is 0 Å². The standard InChI is InChI=1S/C11H14ClN3/c1-15-6-2-3-10(15)11(14)5-4-9(13)8(12)7-11/h2-4,6-7H,5,13-14H2,1H3. The maximum absolute atomic E-state index is 6.30. The Morgan fingerprint density at radius 2 is 2.27 bits per heavy atom. The van der Waals surface area contributed by atoms with Crippen molar-refractivity contribution in [3.05, 3.63) is 46.9 Å². The summed E-state index contributed by atoms with van der Waals surface area (Å²) in [6.07, 6.45) is 6.33. The van der Waals surface area contributed by atoms with Crippen molar-refractivity contribution in [1.82, 2.24) is 4.57 Å². The van der Waals surface area contributed by atoms with Gasteiger partial charge in [-0.2, -0.15) is 0 Å². The van der Waals surface area contributed by atoms with Crippen LogP contribution >= 0.6 is 11.6 Å². The van der Waals surface area contributed by atoms with Crippen LogP contribution in [0.5, 0.6) is 0 Å². The SMILES string of the molecule is Cn1cccc1C1(N)C=C(Cl)C(N)=CC1. The Balaban J connectivity index is 2.43. The van der Waals surface area contributed by atoms with Gasteiger partial charge >= 0.3 is 0 Å². The van der Waals surface area contributed by atoms with Crippen LogP contribution in [0.1, 0.15) is 12.1 Å². The van der Waals surface area contributed by atoms with Crippen molar-refractivity contribution in [2.24, 2.45) is 18.5 Å². The molecule has 15 heavy (non-hydrogen) atoms. The average molecular weight is 224 g/mol. The molecule has 1 aliphatic rings. The minimum Gasteiger partial charge on any atom is -0.398 e. The van der Waals surface area contributed by atoms with Crippen LogP contribution in [0, 0.1) is 0 Å². The summed E-state index contributed by atoms with van der Waals surface area (Å²) in [5.41, 5.74) is 13.1. The molecule has 0 fully saturated rings. The van der Waals surface area contributed by atoms with Gasteiger partial charge in [0.05, 0.1) is 10.6 Å². The van der Waals surface area contributed by atoms with E-state index in [4.69, 9.17) is 23.1 Å². The minimum absolute atomic E-state index is 0.532. The molecule has 0 amide bonds. The fraction of sp³-hybridized carbons (Fsp3) is 0.273. The smallest absolute Gasteiger partial charge is 0.0802 e. The highest BCUT2D eigenvalue weighted by atomic mass is 35.5. The van der Waals surface area contributed by atoms with Gasteiger partial charge in [-0.05, 0) is 24.6 Å². The average Bonchev–Trinajstić information content (AvgIpc) is 2.59. The first kappa shape index (κ1) is 10.3. The number of rotatable bonds is 1. The van der Waals surface area contributed by atoms with E-state index in [-0.39, 0.29) is 0 Å². The molecule has 0 bridgehead atoms. The van der Waals surface area contributed by atoms with Gasteiger partial charge < -0.3 is 16.0 Å². The summed E-state index contributed by atoms with van der Waals surface area (Å²) < 4.78 is 2.00. The lowest BCUT2D eigenvalue weighted by atomic mass is 9.88. The van der Waals surface area contributed by atoms with Crippen LogP contribution in [0.25, 0.3) is 0 Å². The van der Waals surface area contributed by atoms with Crippen molar-refractivity contribution < 1.29 is 0 Å². The second-order valence-electron chi connectivity index (χ2n) is 3.90. The molecule has 4 N–H and O–H groups in total. The predicted octanol–water partition coefficient (Wildman–Crippen LogP) is 1.55. The topological polar surface area (TPSA) is 57.0 Å². The van der Waals surface area contributed by atoms with E-state index in [0.29, 0.717) is 17.2 Å². The van der Waals surface area contributed by atoms with Crippen LogP contribution in [-0.2, 0) is 12.6 Å². The van der Waals surface area contributed by atoms with E-state index in [2.05, 4.69) is 0 Å². The summed E-state index contributed by atoms with van der Waals surface area (Å²) in [4.78, 5) is 0. The molecule has 1 aromatic heterocycles. The Kier molecular flexibility index (Phi) is 2.37. The van der Waals surface area contributed by atoms with Crippen molar-refractivity contribution in [3.8, 4) is 0 Å². The van der Waals surface area contributed by atoms with E-state index >= 15 is 0 Å². The number of aryl methyl sites for hydroxylation is 1. The second kappa shape index (κ2) is 3.43. The third kappa shape index (κ3) is 1.68. The number of hydrogen-bond acceptors (Lipinski definition) is 2. The van der Waals surface area contributed by atoms with Crippen molar-refractivity contribution in [2.75, 3.05) is 0 Å². The third-order valence-electron chi connectivity index (χ3n) is 2.74. The lowest BCUT2D eigenvalue weighted by Crippen LogP contribution is -2.38. The summed E-state index contributed by atoms with van der Waals surface area (Å²) in [6, 6.07) is 3.96. The van der Waals surface area contributed by atoms with E-state index in [1.807, 2.05) is 42.1 Å². The minimum atomic E-state index is -0.543. The molecule has 2 rings (SSSR count). The van der Waals surface area contributed by atoms with Gasteiger partial charge in [0.2, 0.25) is 0 Å². The van der Waals surface area contributed by atoms with Gasteiger partial charge in [0.1, 0.15) is 0 Å². The van der Waals surface area contributed by atoms with Crippen LogP contribution in [0.2, 0.25) is 0 Å². The van der Waals surface area contributed by atoms with E-state index in [9.17, 15) is 0 Å². The monoisotopic (exact) mass is 223 g/mol. The molecule has 80 valence electrons. The summed E-state index contributed by atoms with van der Waals surface area (Å²) >= 11 is 6.00. The first-order chi connectivity index (χ1) is 7.03. The van der Waals surface area contributed by atoms with Crippen molar-refractivity contribution >= 4 is 11.6 Å². The number of nitrogens with zero attached hydrogens (tertiary/aromatic N) is 1. The molecule has 0 radical (unpaired) electrons. The highest BCUT2D eigenvalue weighted by molar-refractivity contribution is 6.32. The zero-order valence-electron chi connectivity index (χ0n) is 8.57. The number of halogens is 1. The summed E-state index contributed by atoms with van der Waals surface area (Å²) in [6.45, 7) is 0. The zero-order chi connectivity index (χ0) is 11.1. The molecule has 1 atom stereocenters. The quantitative estimate of drug-likeness (QED) is 0.759. The van der Waals surface area contributed by atoms with E-state index in [0.717, 1.165) is 5.69 Å². The van der Waals surface area contributed by atoms with Crippen LogP contribution < -0.4 is 11.5 Å². The fourth-order valence-corrected chi connectivity index (χ4v) is 2.14. The summed E-state index contributed by atoms with van der Waals surface area (Å²) in [5, 5.41) is 0.532. The van der Waals surface area contributed by atoms with Crippen molar-refractivity contribution in [2.45, 2.75) is 12.0 Å². The number of aromatic nitrogens is 1. The van der Waals surface area contributed by atoms with Gasteiger partial charge in [0, 0.05) is 24.6 Å². The lowest BCUT2D eigenvalue weighted by molar-refractivity contribution is 0.520. The van der Waals surface area contributed by atoms with Gasteiger partial charge in [-0.3, -0.25) is 0 Å². The molecule has 1 heterocycles. The molecule has 0 aliphatic heterocycles. The van der Waals surface area contributed by atoms with Gasteiger partial charge in [0.25, 0.3) is 0 Å². The predicted molar refractivity (Wildman–Crippen MR) is 62.1 cm³/mol. The van der Waals surface area contributed by atoms with Crippen molar-refractivity contribution in [3.63, 3.8) is 0 Å². The number of allylic oxidation sites excluding steroid dienone is 1. The number of hydrogen-bond donors (Lipinski definition) is 2. The molecule has 1 unspecified atom stereocenters. The summed E-state index contributed by atoms with van der Waals surface area (Å²) in [5.74, 6) is 0. The maximum atomic E-state index is 6.30. The molecular weight excluding hydrogens is 210 g/mol. The van der Waals surface area contributed by atoms with Crippen LogP contribution in [-0.4, -0.2) is 4.57 Å². The molecule has 0 aromatic carbocycles. The van der Waals surface area contributed by atoms with Gasteiger partial charge in [-0.1, -0.05) is 17.7 Å². The van der Waals surface area contributed by atoms with Gasteiger partial charge in [0.15, 0.2) is 0 Å². The van der Waals surface area contributed by atoms with Gasteiger partial charge in [-0.25, -0.2) is 0 Å². The highest BCUT2D eigenvalue weighted by Crippen LogP contribution is 2.32. The van der Waals surface area contributed by atoms with E-state index in [1.165, 1.54) is 0 Å². The first-order valence-electron chi connectivity index (χ1n) is 4.78. The third-order valence-corrected chi connectivity index (χ3v) is 3.07. The largest absolute Gasteiger partial charge is 0.398 e. The fourth-order valence-electron chi connectivity index (χ4n) is 1.87. The molecule has 1 aromatic rings. The van der Waals surface area contributed by atoms with E-state index in [1.54, 1.807) is 0 Å². The van der Waals surface area contributed by atoms with E-state index < -0.39 is 5.54 Å². The van der Waals surface area contributed by atoms with Crippen molar-refractivity contribution in [1.29, 1.82) is 0 Å². The maximum Gasteiger partial charge on any atom is 0.0802 e.